The first kappa shape index (κ1) is 33.8. The van der Waals surface area contributed by atoms with Crippen molar-refractivity contribution >= 4 is 17.7 Å². The zero-order chi connectivity index (χ0) is 31.0. The summed E-state index contributed by atoms with van der Waals surface area (Å²) in [6, 6.07) is 12.2. The molecule has 1 heterocycles. The summed E-state index contributed by atoms with van der Waals surface area (Å²) >= 11 is 1.31. The Labute approximate surface area is 247 Å². The molecule has 2 aromatic carbocycles. The van der Waals surface area contributed by atoms with E-state index < -0.39 is 35.8 Å². The maximum absolute atomic E-state index is 13.0. The van der Waals surface area contributed by atoms with Gasteiger partial charge in [-0.25, -0.2) is 0 Å². The summed E-state index contributed by atoms with van der Waals surface area (Å²) < 4.78 is 68.6. The van der Waals surface area contributed by atoms with Crippen molar-refractivity contribution < 1.29 is 46.8 Å². The number of carbonyl (C=O) groups is 1. The fourth-order valence-corrected chi connectivity index (χ4v) is 6.53. The number of hydrogen-bond acceptors (Lipinski definition) is 5. The fourth-order valence-electron chi connectivity index (χ4n) is 5.57. The van der Waals surface area contributed by atoms with E-state index in [9.17, 15) is 42.1 Å². The average Bonchev–Trinajstić information content (AvgIpc) is 2.91. The Morgan fingerprint density at radius 1 is 0.952 bits per heavy atom. The van der Waals surface area contributed by atoms with Crippen molar-refractivity contribution in [3.05, 3.63) is 53.6 Å². The topological polar surface area (TPSA) is 87.0 Å². The van der Waals surface area contributed by atoms with Crippen molar-refractivity contribution in [1.29, 1.82) is 0 Å². The lowest BCUT2D eigenvalue weighted by atomic mass is 9.66. The lowest BCUT2D eigenvalue weighted by molar-refractivity contribution is -0.284. The number of fused-ring (bicyclic) bond motifs is 1. The molecule has 5 nitrogen and oxygen atoms in total. The van der Waals surface area contributed by atoms with Gasteiger partial charge in [-0.2, -0.15) is 33.7 Å². The average molecular weight is 619 g/mol. The first-order valence-electron chi connectivity index (χ1n) is 14.2. The van der Waals surface area contributed by atoms with Crippen LogP contribution in [0.4, 0.5) is 22.0 Å². The van der Waals surface area contributed by atoms with E-state index in [-0.39, 0.29) is 29.6 Å². The lowest BCUT2D eigenvalue weighted by Gasteiger charge is -2.43. The van der Waals surface area contributed by atoms with Gasteiger partial charge >= 0.3 is 18.1 Å². The first-order valence-corrected chi connectivity index (χ1v) is 15.4. The van der Waals surface area contributed by atoms with Gasteiger partial charge in [0.2, 0.25) is 0 Å². The van der Waals surface area contributed by atoms with Crippen LogP contribution >= 0.6 is 11.8 Å². The molecule has 0 radical (unpaired) electrons. The third-order valence-electron chi connectivity index (χ3n) is 8.13. The number of unbranched alkanes of at least 4 members (excludes halogenated alkanes) is 2. The zero-order valence-corrected chi connectivity index (χ0v) is 24.5. The Morgan fingerprint density at radius 3 is 2.21 bits per heavy atom. The normalized spacial score (nSPS) is 19.6. The van der Waals surface area contributed by atoms with E-state index in [4.69, 9.17) is 4.74 Å². The number of phenolic OH excluding ortho intramolecular Hbond substituents is 2. The molecule has 0 spiro atoms. The van der Waals surface area contributed by atoms with E-state index in [1.165, 1.54) is 11.8 Å². The number of ether oxygens (including phenoxy) is 1. The predicted molar refractivity (Wildman–Crippen MR) is 153 cm³/mol. The highest BCUT2D eigenvalue weighted by atomic mass is 32.2. The molecule has 3 rings (SSSR count). The van der Waals surface area contributed by atoms with Crippen molar-refractivity contribution in [3.63, 3.8) is 0 Å². The Morgan fingerprint density at radius 2 is 1.57 bits per heavy atom. The van der Waals surface area contributed by atoms with Crippen LogP contribution in [0.25, 0.3) is 0 Å². The molecular weight excluding hydrogens is 579 g/mol. The minimum Gasteiger partial charge on any atom is -0.508 e. The van der Waals surface area contributed by atoms with Crippen LogP contribution in [0.1, 0.15) is 81.8 Å². The van der Waals surface area contributed by atoms with Crippen LogP contribution < -0.4 is 4.74 Å². The second-order valence-corrected chi connectivity index (χ2v) is 12.5. The number of aromatic hydroxyl groups is 2. The molecule has 3 atom stereocenters. The second-order valence-electron chi connectivity index (χ2n) is 11.3. The summed E-state index contributed by atoms with van der Waals surface area (Å²) in [5.74, 6) is -4.29. The number of carboxylic acids is 1. The number of phenols is 2. The van der Waals surface area contributed by atoms with Crippen LogP contribution in [0.3, 0.4) is 0 Å². The fraction of sp³-hybridized carbons (Fsp3) is 0.581. The summed E-state index contributed by atoms with van der Waals surface area (Å²) in [4.78, 5) is 11.9. The maximum atomic E-state index is 13.0. The minimum atomic E-state index is -5.52. The number of halogens is 5. The SMILES string of the molecule is C[C@]1(c2ccc(O)cc2)COc2cc(O)ccc2[C@H]1CCCCC(CCCCSCCCC(F)(F)C(F)(F)F)C(=O)O. The molecule has 3 N–H and O–H groups in total. The van der Waals surface area contributed by atoms with Crippen LogP contribution in [-0.4, -0.2) is 51.5 Å². The summed E-state index contributed by atoms with van der Waals surface area (Å²) in [5, 5.41) is 29.4. The lowest BCUT2D eigenvalue weighted by Crippen LogP contribution is -2.40. The van der Waals surface area contributed by atoms with E-state index in [1.807, 2.05) is 18.2 Å². The van der Waals surface area contributed by atoms with Gasteiger partial charge in [0.25, 0.3) is 0 Å². The highest BCUT2D eigenvalue weighted by Gasteiger charge is 2.56. The Kier molecular flexibility index (Phi) is 11.8. The first-order chi connectivity index (χ1) is 19.7. The third kappa shape index (κ3) is 8.91. The van der Waals surface area contributed by atoms with E-state index in [1.54, 1.807) is 24.3 Å². The molecular formula is C31H39F5O5S. The summed E-state index contributed by atoms with van der Waals surface area (Å²) in [5.41, 5.74) is 1.59. The van der Waals surface area contributed by atoms with Gasteiger partial charge in [-0.15, -0.1) is 0 Å². The number of aliphatic carboxylic acids is 1. The number of alkyl halides is 5. The summed E-state index contributed by atoms with van der Waals surface area (Å²) in [6.45, 7) is 2.50. The molecule has 234 valence electrons. The predicted octanol–water partition coefficient (Wildman–Crippen LogP) is 8.67. The largest absolute Gasteiger partial charge is 0.508 e. The molecule has 11 heteroatoms. The van der Waals surface area contributed by atoms with Gasteiger partial charge < -0.3 is 20.1 Å². The molecule has 42 heavy (non-hydrogen) atoms. The van der Waals surface area contributed by atoms with Gasteiger partial charge in [0.05, 0.1) is 12.5 Å². The van der Waals surface area contributed by atoms with E-state index in [2.05, 4.69) is 6.92 Å². The Balaban J connectivity index is 1.47. The van der Waals surface area contributed by atoms with E-state index in [0.717, 1.165) is 24.0 Å². The molecule has 1 aliphatic rings. The van der Waals surface area contributed by atoms with E-state index in [0.29, 0.717) is 50.2 Å². The van der Waals surface area contributed by atoms with Crippen LogP contribution in [0.15, 0.2) is 42.5 Å². The molecule has 1 aliphatic heterocycles. The molecule has 0 amide bonds. The Bertz CT molecular complexity index is 1160. The second kappa shape index (κ2) is 14.7. The minimum absolute atomic E-state index is 0.0442. The Hall–Kier alpha value is -2.69. The highest BCUT2D eigenvalue weighted by Crippen LogP contribution is 2.50. The van der Waals surface area contributed by atoms with Gasteiger partial charge in [0, 0.05) is 23.8 Å². The molecule has 0 saturated heterocycles. The van der Waals surface area contributed by atoms with Gasteiger partial charge in [0.1, 0.15) is 17.2 Å². The van der Waals surface area contributed by atoms with Gasteiger partial charge in [-0.3, -0.25) is 4.79 Å². The van der Waals surface area contributed by atoms with Crippen molar-refractivity contribution in [1.82, 2.24) is 0 Å². The molecule has 0 aromatic heterocycles. The molecule has 0 bridgehead atoms. The number of rotatable bonds is 16. The van der Waals surface area contributed by atoms with Crippen LogP contribution in [-0.2, 0) is 10.2 Å². The van der Waals surface area contributed by atoms with Crippen LogP contribution in [0.5, 0.6) is 17.2 Å². The van der Waals surface area contributed by atoms with Crippen molar-refractivity contribution in [2.45, 2.75) is 88.1 Å². The number of hydrogen-bond donors (Lipinski definition) is 3. The molecule has 1 unspecified atom stereocenters. The monoisotopic (exact) mass is 618 g/mol. The van der Waals surface area contributed by atoms with E-state index >= 15 is 0 Å². The van der Waals surface area contributed by atoms with Crippen molar-refractivity contribution in [2.24, 2.45) is 5.92 Å². The van der Waals surface area contributed by atoms with Crippen LogP contribution in [0.2, 0.25) is 0 Å². The molecule has 0 saturated carbocycles. The standard InChI is InChI=1S/C31H39F5O5S/c1-29(22-10-12-23(37)13-11-22)20-41-27-19-24(38)14-15-25(27)26(29)9-3-2-7-21(28(39)40)8-4-5-17-42-18-6-16-30(32,33)31(34,35)36/h10-15,19,21,26,37-38H,2-9,16-18,20H2,1H3,(H,39,40)/t21?,26-,29-/m1/s1. The molecule has 0 aliphatic carbocycles. The quantitative estimate of drug-likeness (QED) is 0.129. The number of benzene rings is 2. The number of thioether (sulfide) groups is 1. The zero-order valence-electron chi connectivity index (χ0n) is 23.6. The van der Waals surface area contributed by atoms with Crippen molar-refractivity contribution in [3.8, 4) is 17.2 Å². The summed E-state index contributed by atoms with van der Waals surface area (Å²) in [7, 11) is 0. The summed E-state index contributed by atoms with van der Waals surface area (Å²) in [6.07, 6.45) is -2.43. The molecule has 2 aromatic rings. The van der Waals surface area contributed by atoms with Crippen molar-refractivity contribution in [2.75, 3.05) is 18.1 Å². The van der Waals surface area contributed by atoms with Gasteiger partial charge in [-0.05, 0) is 72.9 Å². The number of carboxylic acid groups (broad SMARTS) is 1. The van der Waals surface area contributed by atoms with Gasteiger partial charge in [0.15, 0.2) is 0 Å². The third-order valence-corrected chi connectivity index (χ3v) is 9.28. The highest BCUT2D eigenvalue weighted by molar-refractivity contribution is 7.99. The maximum Gasteiger partial charge on any atom is 0.453 e. The molecule has 0 fully saturated rings. The van der Waals surface area contributed by atoms with Gasteiger partial charge in [-0.1, -0.05) is 44.4 Å². The van der Waals surface area contributed by atoms with Crippen LogP contribution in [0, 0.1) is 5.92 Å². The smallest absolute Gasteiger partial charge is 0.453 e.